The van der Waals surface area contributed by atoms with E-state index in [1.54, 1.807) is 11.0 Å². The molecule has 0 aromatic heterocycles. The average molecular weight is 348 g/mol. The Labute approximate surface area is 137 Å². The van der Waals surface area contributed by atoms with Crippen molar-refractivity contribution in [2.45, 2.75) is 18.4 Å². The maximum absolute atomic E-state index is 13.2. The van der Waals surface area contributed by atoms with E-state index < -0.39 is 30.7 Å². The molecule has 126 valence electrons. The molecule has 2 fully saturated rings. The zero-order chi connectivity index (χ0) is 16.6. The van der Waals surface area contributed by atoms with E-state index in [1.807, 2.05) is 4.90 Å². The summed E-state index contributed by atoms with van der Waals surface area (Å²) in [6.45, 7) is 1.46. The lowest BCUT2D eigenvalue weighted by Crippen LogP contribution is -2.53. The first-order chi connectivity index (χ1) is 10.9. The van der Waals surface area contributed by atoms with Gasteiger partial charge >= 0.3 is 0 Å². The fourth-order valence-electron chi connectivity index (χ4n) is 3.02. The smallest absolute Gasteiger partial charge is 0.262 e. The third-order valence-electron chi connectivity index (χ3n) is 4.25. The molecule has 0 spiro atoms. The number of amides is 1. The van der Waals surface area contributed by atoms with Crippen molar-refractivity contribution in [1.82, 2.24) is 10.2 Å². The number of carbonyl (C=O) groups is 1. The third kappa shape index (κ3) is 3.55. The summed E-state index contributed by atoms with van der Waals surface area (Å²) in [5.74, 6) is -3.50. The lowest BCUT2D eigenvalue weighted by Gasteiger charge is -2.37. The van der Waals surface area contributed by atoms with Crippen LogP contribution in [0.3, 0.4) is 0 Å². The molecule has 1 aromatic rings. The van der Waals surface area contributed by atoms with Crippen LogP contribution in [0, 0.1) is 5.82 Å². The molecule has 2 aliphatic heterocycles. The molecule has 23 heavy (non-hydrogen) atoms. The molecule has 1 atom stereocenters. The highest BCUT2D eigenvalue weighted by Crippen LogP contribution is 2.29. The van der Waals surface area contributed by atoms with Crippen LogP contribution in [0.1, 0.15) is 6.42 Å². The molecule has 0 saturated carbocycles. The molecule has 8 heteroatoms. The molecule has 2 aliphatic rings. The number of rotatable bonds is 2. The Morgan fingerprint density at radius 2 is 1.96 bits per heavy atom. The highest BCUT2D eigenvalue weighted by atomic mass is 35.5. The SMILES string of the molecule is O=C(C1CC(F)(F)CN1)N1CCN(c2ccc(F)cc2Cl)CC1. The number of alkyl halides is 2. The van der Waals surface area contributed by atoms with Crippen LogP contribution >= 0.6 is 11.6 Å². The third-order valence-corrected chi connectivity index (χ3v) is 4.55. The van der Waals surface area contributed by atoms with Crippen molar-refractivity contribution in [3.05, 3.63) is 29.0 Å². The minimum atomic E-state index is -2.82. The number of hydrogen-bond donors (Lipinski definition) is 1. The van der Waals surface area contributed by atoms with Gasteiger partial charge in [0.2, 0.25) is 5.91 Å². The van der Waals surface area contributed by atoms with Crippen LogP contribution in [0.2, 0.25) is 5.02 Å². The Bertz CT molecular complexity index is 606. The maximum atomic E-state index is 13.2. The predicted octanol–water partition coefficient (Wildman–Crippen LogP) is 2.12. The highest BCUT2D eigenvalue weighted by Gasteiger charge is 2.43. The van der Waals surface area contributed by atoms with Crippen LogP contribution < -0.4 is 10.2 Å². The van der Waals surface area contributed by atoms with Gasteiger partial charge < -0.3 is 9.80 Å². The molecule has 2 saturated heterocycles. The summed E-state index contributed by atoms with van der Waals surface area (Å²) in [6, 6.07) is 3.38. The molecular weight excluding hydrogens is 331 g/mol. The molecule has 0 aliphatic carbocycles. The fraction of sp³-hybridized carbons (Fsp3) is 0.533. The van der Waals surface area contributed by atoms with Gasteiger partial charge in [0.15, 0.2) is 0 Å². The first-order valence-corrected chi connectivity index (χ1v) is 7.83. The van der Waals surface area contributed by atoms with Gasteiger partial charge in [0.25, 0.3) is 5.92 Å². The summed E-state index contributed by atoms with van der Waals surface area (Å²) in [4.78, 5) is 15.8. The van der Waals surface area contributed by atoms with Gasteiger partial charge in [0.05, 0.1) is 23.3 Å². The van der Waals surface area contributed by atoms with E-state index in [0.717, 1.165) is 0 Å². The first kappa shape index (κ1) is 16.4. The van der Waals surface area contributed by atoms with E-state index in [2.05, 4.69) is 5.32 Å². The second-order valence-corrected chi connectivity index (χ2v) is 6.31. The Kier molecular flexibility index (Phi) is 4.42. The summed E-state index contributed by atoms with van der Waals surface area (Å²) in [5, 5.41) is 2.91. The first-order valence-electron chi connectivity index (χ1n) is 7.46. The Hall–Kier alpha value is -1.47. The van der Waals surface area contributed by atoms with Crippen molar-refractivity contribution in [2.24, 2.45) is 0 Å². The monoisotopic (exact) mass is 347 g/mol. The zero-order valence-corrected chi connectivity index (χ0v) is 13.1. The van der Waals surface area contributed by atoms with E-state index in [0.29, 0.717) is 36.9 Å². The summed E-state index contributed by atoms with van der Waals surface area (Å²) >= 11 is 6.04. The largest absolute Gasteiger partial charge is 0.367 e. The second-order valence-electron chi connectivity index (χ2n) is 5.90. The molecule has 0 bridgehead atoms. The summed E-state index contributed by atoms with van der Waals surface area (Å²) < 4.78 is 39.5. The lowest BCUT2D eigenvalue weighted by molar-refractivity contribution is -0.134. The number of piperazine rings is 1. The van der Waals surface area contributed by atoms with Crippen molar-refractivity contribution in [3.8, 4) is 0 Å². The molecule has 1 amide bonds. The Morgan fingerprint density at radius 3 is 2.52 bits per heavy atom. The molecule has 0 radical (unpaired) electrons. The van der Waals surface area contributed by atoms with Crippen molar-refractivity contribution in [2.75, 3.05) is 37.6 Å². The molecule has 3 rings (SSSR count). The number of nitrogens with zero attached hydrogens (tertiary/aromatic N) is 2. The number of carbonyl (C=O) groups excluding carboxylic acids is 1. The molecule has 1 unspecified atom stereocenters. The van der Waals surface area contributed by atoms with Crippen LogP contribution in [0.15, 0.2) is 18.2 Å². The van der Waals surface area contributed by atoms with Gasteiger partial charge in [-0.1, -0.05) is 11.6 Å². The summed E-state index contributed by atoms with van der Waals surface area (Å²) in [7, 11) is 0. The van der Waals surface area contributed by atoms with Crippen molar-refractivity contribution < 1.29 is 18.0 Å². The van der Waals surface area contributed by atoms with Crippen molar-refractivity contribution in [3.63, 3.8) is 0 Å². The standard InChI is InChI=1S/C15H17ClF3N3O/c16-11-7-10(17)1-2-13(11)21-3-5-22(6-4-21)14(23)12-8-15(18,19)9-20-12/h1-2,7,12,20H,3-6,8-9H2. The van der Waals surface area contributed by atoms with E-state index in [-0.39, 0.29) is 5.91 Å². The van der Waals surface area contributed by atoms with Gasteiger partial charge in [-0.3, -0.25) is 10.1 Å². The summed E-state index contributed by atoms with van der Waals surface area (Å²) in [5.41, 5.74) is 0.714. The molecular formula is C15H17ClF3N3O. The van der Waals surface area contributed by atoms with Gasteiger partial charge in [0.1, 0.15) is 5.82 Å². The van der Waals surface area contributed by atoms with Crippen LogP contribution in [0.5, 0.6) is 0 Å². The van der Waals surface area contributed by atoms with Gasteiger partial charge in [0, 0.05) is 32.6 Å². The topological polar surface area (TPSA) is 35.6 Å². The van der Waals surface area contributed by atoms with Gasteiger partial charge in [-0.2, -0.15) is 0 Å². The molecule has 2 heterocycles. The maximum Gasteiger partial charge on any atom is 0.262 e. The molecule has 4 nitrogen and oxygen atoms in total. The normalized spacial score (nSPS) is 24.1. The van der Waals surface area contributed by atoms with E-state index >= 15 is 0 Å². The predicted molar refractivity (Wildman–Crippen MR) is 81.6 cm³/mol. The van der Waals surface area contributed by atoms with Crippen LogP contribution in [-0.2, 0) is 4.79 Å². The second kappa shape index (κ2) is 6.20. The number of anilines is 1. The van der Waals surface area contributed by atoms with Crippen LogP contribution in [0.25, 0.3) is 0 Å². The fourth-order valence-corrected chi connectivity index (χ4v) is 3.30. The van der Waals surface area contributed by atoms with Crippen molar-refractivity contribution >= 4 is 23.2 Å². The van der Waals surface area contributed by atoms with E-state index in [1.165, 1.54) is 12.1 Å². The number of benzene rings is 1. The Balaban J connectivity index is 1.59. The highest BCUT2D eigenvalue weighted by molar-refractivity contribution is 6.33. The van der Waals surface area contributed by atoms with E-state index in [9.17, 15) is 18.0 Å². The number of halogens is 4. The number of hydrogen-bond acceptors (Lipinski definition) is 3. The minimum absolute atomic E-state index is 0.285. The van der Waals surface area contributed by atoms with Crippen LogP contribution in [0.4, 0.5) is 18.9 Å². The van der Waals surface area contributed by atoms with Gasteiger partial charge in [-0.05, 0) is 18.2 Å². The van der Waals surface area contributed by atoms with Crippen LogP contribution in [-0.4, -0.2) is 55.5 Å². The van der Waals surface area contributed by atoms with Crippen molar-refractivity contribution in [1.29, 1.82) is 0 Å². The number of nitrogens with one attached hydrogen (secondary N) is 1. The zero-order valence-electron chi connectivity index (χ0n) is 12.4. The van der Waals surface area contributed by atoms with E-state index in [4.69, 9.17) is 11.6 Å². The molecule has 1 N–H and O–H groups in total. The average Bonchev–Trinajstić information content (AvgIpc) is 2.87. The molecule has 1 aromatic carbocycles. The Morgan fingerprint density at radius 1 is 1.26 bits per heavy atom. The summed E-state index contributed by atoms with van der Waals surface area (Å²) in [6.07, 6.45) is -0.449. The quantitative estimate of drug-likeness (QED) is 0.890. The minimum Gasteiger partial charge on any atom is -0.367 e. The van der Waals surface area contributed by atoms with Gasteiger partial charge in [-0.15, -0.1) is 0 Å². The lowest BCUT2D eigenvalue weighted by atomic mass is 10.1. The van der Waals surface area contributed by atoms with Gasteiger partial charge in [-0.25, -0.2) is 13.2 Å².